The topological polar surface area (TPSA) is 56.7 Å². The van der Waals surface area contributed by atoms with Gasteiger partial charge in [0.1, 0.15) is 5.82 Å². The Morgan fingerprint density at radius 2 is 1.95 bits per heavy atom. The fraction of sp³-hybridized carbons (Fsp3) is 0.429. The van der Waals surface area contributed by atoms with E-state index in [4.69, 9.17) is 5.73 Å². The van der Waals surface area contributed by atoms with Gasteiger partial charge < -0.3 is 5.73 Å². The van der Waals surface area contributed by atoms with E-state index in [0.717, 1.165) is 11.1 Å². The summed E-state index contributed by atoms with van der Waals surface area (Å²) in [4.78, 5) is 4.26. The van der Waals surface area contributed by atoms with Gasteiger partial charge in [0.25, 0.3) is 0 Å². The molecule has 4 nitrogen and oxygen atoms in total. The molecule has 1 aromatic heterocycles. The lowest BCUT2D eigenvalue weighted by Crippen LogP contribution is -2.31. The Kier molecular flexibility index (Phi) is 3.44. The third-order valence-corrected chi connectivity index (χ3v) is 3.78. The number of rotatable bonds is 2. The van der Waals surface area contributed by atoms with Crippen LogP contribution < -0.4 is 5.73 Å². The van der Waals surface area contributed by atoms with Crippen molar-refractivity contribution in [3.63, 3.8) is 0 Å². The number of fused-ring (bicyclic) bond motifs is 1. The monoisotopic (exact) mass is 296 g/mol. The molecule has 112 valence electrons. The van der Waals surface area contributed by atoms with Gasteiger partial charge in [0.05, 0.1) is 5.92 Å². The predicted molar refractivity (Wildman–Crippen MR) is 71.2 cm³/mol. The first-order valence-corrected chi connectivity index (χ1v) is 6.77. The summed E-state index contributed by atoms with van der Waals surface area (Å²) in [6.45, 7) is 0.702. The molecule has 1 aromatic carbocycles. The second kappa shape index (κ2) is 5.14. The first kappa shape index (κ1) is 14.1. The van der Waals surface area contributed by atoms with Crippen LogP contribution in [0.2, 0.25) is 0 Å². The van der Waals surface area contributed by atoms with Crippen LogP contribution >= 0.6 is 0 Å². The highest BCUT2D eigenvalue weighted by Crippen LogP contribution is 2.34. The molecule has 0 aliphatic carbocycles. The summed E-state index contributed by atoms with van der Waals surface area (Å²) >= 11 is 0. The molecule has 2 heterocycles. The van der Waals surface area contributed by atoms with Crippen LogP contribution in [0.1, 0.15) is 17.8 Å². The van der Waals surface area contributed by atoms with Crippen molar-refractivity contribution in [3.8, 4) is 11.4 Å². The summed E-state index contributed by atoms with van der Waals surface area (Å²) in [6, 6.07) is 7.41. The standard InChI is InChI=1S/C14H15F3N4/c15-14(16,17)11-5-6-21-12(7-11)19-13(20-21)10-3-1-9(8-18)2-4-10/h1-4,11H,5-8,18H2/t11-/m0/s1. The largest absolute Gasteiger partial charge is 0.392 e. The van der Waals surface area contributed by atoms with Crippen molar-refractivity contribution in [2.24, 2.45) is 11.7 Å². The maximum absolute atomic E-state index is 12.8. The van der Waals surface area contributed by atoms with E-state index < -0.39 is 12.1 Å². The number of hydrogen-bond acceptors (Lipinski definition) is 3. The zero-order chi connectivity index (χ0) is 15.0. The Bertz CT molecular complexity index is 631. The van der Waals surface area contributed by atoms with Gasteiger partial charge in [-0.05, 0) is 12.0 Å². The fourth-order valence-corrected chi connectivity index (χ4v) is 2.50. The summed E-state index contributed by atoms with van der Waals surface area (Å²) < 4.78 is 39.9. The fourth-order valence-electron chi connectivity index (χ4n) is 2.50. The van der Waals surface area contributed by atoms with Gasteiger partial charge in [0.15, 0.2) is 5.82 Å². The Labute approximate surface area is 119 Å². The van der Waals surface area contributed by atoms with Crippen LogP contribution in [0.3, 0.4) is 0 Å². The van der Waals surface area contributed by atoms with Gasteiger partial charge in [-0.3, -0.25) is 0 Å². The molecule has 0 amide bonds. The van der Waals surface area contributed by atoms with E-state index in [2.05, 4.69) is 10.1 Å². The highest BCUT2D eigenvalue weighted by atomic mass is 19.4. The minimum absolute atomic E-state index is 0.0609. The first-order valence-electron chi connectivity index (χ1n) is 6.77. The van der Waals surface area contributed by atoms with Crippen molar-refractivity contribution >= 4 is 0 Å². The summed E-state index contributed by atoms with van der Waals surface area (Å²) in [6.07, 6.45) is -4.21. The number of alkyl halides is 3. The maximum atomic E-state index is 12.8. The third-order valence-electron chi connectivity index (χ3n) is 3.78. The lowest BCUT2D eigenvalue weighted by molar-refractivity contribution is -0.179. The molecule has 0 spiro atoms. The van der Waals surface area contributed by atoms with E-state index in [0.29, 0.717) is 18.2 Å². The second-order valence-electron chi connectivity index (χ2n) is 5.21. The molecule has 21 heavy (non-hydrogen) atoms. The molecule has 2 aromatic rings. The maximum Gasteiger partial charge on any atom is 0.392 e. The normalized spacial score (nSPS) is 18.6. The molecule has 0 saturated carbocycles. The van der Waals surface area contributed by atoms with Gasteiger partial charge in [-0.15, -0.1) is 0 Å². The van der Waals surface area contributed by atoms with E-state index in [9.17, 15) is 13.2 Å². The Morgan fingerprint density at radius 3 is 2.57 bits per heavy atom. The lowest BCUT2D eigenvalue weighted by Gasteiger charge is -2.24. The van der Waals surface area contributed by atoms with Gasteiger partial charge in [0.2, 0.25) is 0 Å². The Morgan fingerprint density at radius 1 is 1.24 bits per heavy atom. The van der Waals surface area contributed by atoms with Crippen molar-refractivity contribution in [2.75, 3.05) is 0 Å². The SMILES string of the molecule is NCc1ccc(-c2nc3n(n2)CC[C@H](C(F)(F)F)C3)cc1. The molecule has 2 N–H and O–H groups in total. The van der Waals surface area contributed by atoms with Crippen LogP contribution in [-0.2, 0) is 19.5 Å². The van der Waals surface area contributed by atoms with Crippen molar-refractivity contribution in [1.82, 2.24) is 14.8 Å². The molecule has 3 rings (SSSR count). The molecular formula is C14H15F3N4. The van der Waals surface area contributed by atoms with Crippen LogP contribution in [-0.4, -0.2) is 20.9 Å². The molecular weight excluding hydrogens is 281 g/mol. The van der Waals surface area contributed by atoms with E-state index in [-0.39, 0.29) is 19.4 Å². The third kappa shape index (κ3) is 2.78. The van der Waals surface area contributed by atoms with E-state index in [1.807, 2.05) is 24.3 Å². The molecule has 0 radical (unpaired) electrons. The number of benzene rings is 1. The second-order valence-corrected chi connectivity index (χ2v) is 5.21. The van der Waals surface area contributed by atoms with Crippen LogP contribution in [0.25, 0.3) is 11.4 Å². The average molecular weight is 296 g/mol. The van der Waals surface area contributed by atoms with E-state index in [1.54, 1.807) is 4.68 Å². The molecule has 0 unspecified atom stereocenters. The van der Waals surface area contributed by atoms with Gasteiger partial charge in [0, 0.05) is 25.1 Å². The van der Waals surface area contributed by atoms with Gasteiger partial charge in [-0.1, -0.05) is 24.3 Å². The summed E-state index contributed by atoms with van der Waals surface area (Å²) in [5.74, 6) is -0.445. The summed E-state index contributed by atoms with van der Waals surface area (Å²) in [5, 5.41) is 4.30. The Balaban J connectivity index is 1.86. The predicted octanol–water partition coefficient (Wildman–Crippen LogP) is 2.53. The van der Waals surface area contributed by atoms with E-state index in [1.165, 1.54) is 0 Å². The highest BCUT2D eigenvalue weighted by molar-refractivity contribution is 5.55. The Hall–Kier alpha value is -1.89. The van der Waals surface area contributed by atoms with Crippen molar-refractivity contribution < 1.29 is 13.2 Å². The van der Waals surface area contributed by atoms with Gasteiger partial charge >= 0.3 is 6.18 Å². The quantitative estimate of drug-likeness (QED) is 0.926. The van der Waals surface area contributed by atoms with Crippen molar-refractivity contribution in [3.05, 3.63) is 35.7 Å². The molecule has 1 aliphatic rings. The smallest absolute Gasteiger partial charge is 0.326 e. The van der Waals surface area contributed by atoms with Gasteiger partial charge in [-0.2, -0.15) is 18.3 Å². The number of aromatic nitrogens is 3. The van der Waals surface area contributed by atoms with Crippen LogP contribution in [0.4, 0.5) is 13.2 Å². The van der Waals surface area contributed by atoms with Crippen molar-refractivity contribution in [1.29, 1.82) is 0 Å². The summed E-state index contributed by atoms with van der Waals surface area (Å²) in [7, 11) is 0. The average Bonchev–Trinajstić information content (AvgIpc) is 2.89. The highest BCUT2D eigenvalue weighted by Gasteiger charge is 2.42. The molecule has 0 fully saturated rings. The van der Waals surface area contributed by atoms with Gasteiger partial charge in [-0.25, -0.2) is 9.67 Å². The lowest BCUT2D eigenvalue weighted by atomic mass is 9.98. The molecule has 0 saturated heterocycles. The number of nitrogens with two attached hydrogens (primary N) is 1. The number of halogens is 3. The van der Waals surface area contributed by atoms with Crippen LogP contribution in [0.15, 0.2) is 24.3 Å². The molecule has 1 atom stereocenters. The number of aryl methyl sites for hydroxylation is 1. The summed E-state index contributed by atoms with van der Waals surface area (Å²) in [5.41, 5.74) is 7.31. The number of nitrogens with zero attached hydrogens (tertiary/aromatic N) is 3. The zero-order valence-electron chi connectivity index (χ0n) is 11.3. The number of hydrogen-bond donors (Lipinski definition) is 1. The van der Waals surface area contributed by atoms with Crippen LogP contribution in [0.5, 0.6) is 0 Å². The first-order chi connectivity index (χ1) is 9.97. The molecule has 7 heteroatoms. The van der Waals surface area contributed by atoms with E-state index >= 15 is 0 Å². The van der Waals surface area contributed by atoms with Crippen LogP contribution in [0, 0.1) is 5.92 Å². The minimum atomic E-state index is -4.17. The molecule has 1 aliphatic heterocycles. The van der Waals surface area contributed by atoms with Crippen molar-refractivity contribution in [2.45, 2.75) is 32.1 Å². The molecule has 0 bridgehead atoms. The zero-order valence-corrected chi connectivity index (χ0v) is 11.3. The minimum Gasteiger partial charge on any atom is -0.326 e.